The van der Waals surface area contributed by atoms with Gasteiger partial charge in [0.15, 0.2) is 0 Å². The van der Waals surface area contributed by atoms with Crippen LogP contribution in [0.1, 0.15) is 32.6 Å². The zero-order valence-corrected chi connectivity index (χ0v) is 7.49. The number of aliphatic hydroxyl groups excluding tert-OH is 1. The quantitative estimate of drug-likeness (QED) is 0.642. The molecule has 2 heteroatoms. The average Bonchev–Trinajstić information content (AvgIpc) is 2.31. The van der Waals surface area contributed by atoms with Crippen LogP contribution in [0.3, 0.4) is 0 Å². The van der Waals surface area contributed by atoms with Crippen LogP contribution >= 0.6 is 0 Å². The van der Waals surface area contributed by atoms with Gasteiger partial charge in [0.1, 0.15) is 5.78 Å². The van der Waals surface area contributed by atoms with Crippen molar-refractivity contribution in [3.63, 3.8) is 0 Å². The first-order valence-corrected chi connectivity index (χ1v) is 4.89. The maximum Gasteiger partial charge on any atom is 0.139 e. The summed E-state index contributed by atoms with van der Waals surface area (Å²) in [4.78, 5) is 11.5. The van der Waals surface area contributed by atoms with Crippen LogP contribution < -0.4 is 0 Å². The molecule has 68 valence electrons. The Morgan fingerprint density at radius 2 is 2.25 bits per heavy atom. The molecule has 2 aliphatic rings. The monoisotopic (exact) mass is 168 g/mol. The third kappa shape index (κ3) is 1.18. The van der Waals surface area contributed by atoms with E-state index in [0.717, 1.165) is 12.8 Å². The van der Waals surface area contributed by atoms with Crippen LogP contribution in [0.4, 0.5) is 0 Å². The Kier molecular flexibility index (Phi) is 1.95. The second-order valence-electron chi connectivity index (χ2n) is 4.38. The van der Waals surface area contributed by atoms with Crippen molar-refractivity contribution < 1.29 is 9.90 Å². The molecule has 0 aromatic heterocycles. The minimum Gasteiger partial charge on any atom is -0.393 e. The summed E-state index contributed by atoms with van der Waals surface area (Å²) in [6.45, 7) is 1.75. The fourth-order valence-corrected chi connectivity index (χ4v) is 2.97. The van der Waals surface area contributed by atoms with E-state index in [1.165, 1.54) is 12.8 Å². The van der Waals surface area contributed by atoms with Crippen LogP contribution in [0.25, 0.3) is 0 Å². The molecular formula is C10H16O2. The van der Waals surface area contributed by atoms with Gasteiger partial charge in [0.05, 0.1) is 6.10 Å². The van der Waals surface area contributed by atoms with E-state index in [4.69, 9.17) is 0 Å². The number of ketones is 1. The molecule has 0 amide bonds. The summed E-state index contributed by atoms with van der Waals surface area (Å²) in [7, 11) is 0. The van der Waals surface area contributed by atoms with Gasteiger partial charge in [-0.25, -0.2) is 0 Å². The normalized spacial score (nSPS) is 43.2. The Balaban J connectivity index is 2.15. The first kappa shape index (κ1) is 8.24. The van der Waals surface area contributed by atoms with Crippen LogP contribution in [0.5, 0.6) is 0 Å². The molecule has 0 aliphatic heterocycles. The number of hydrogen-bond donors (Lipinski definition) is 1. The summed E-state index contributed by atoms with van der Waals surface area (Å²) < 4.78 is 0. The maximum absolute atomic E-state index is 11.5. The standard InChI is InChI=1S/C10H16O2/c1-6(11)10-8-3-2-7(4-8)5-9(10)12/h6-8,10-11H,2-5H2,1H3/t6-,7?,8?,10?/m0/s1. The third-order valence-corrected chi connectivity index (χ3v) is 3.47. The second kappa shape index (κ2) is 2.84. The lowest BCUT2D eigenvalue weighted by Crippen LogP contribution is -2.35. The fourth-order valence-electron chi connectivity index (χ4n) is 2.97. The topological polar surface area (TPSA) is 37.3 Å². The number of carbonyl (C=O) groups excluding carboxylic acids is 1. The number of aliphatic hydroxyl groups is 1. The summed E-state index contributed by atoms with van der Waals surface area (Å²) in [6.07, 6.45) is 3.85. The van der Waals surface area contributed by atoms with Gasteiger partial charge in [-0.1, -0.05) is 0 Å². The van der Waals surface area contributed by atoms with Crippen molar-refractivity contribution >= 4 is 5.78 Å². The number of rotatable bonds is 1. The molecule has 0 heterocycles. The van der Waals surface area contributed by atoms with Crippen molar-refractivity contribution in [1.82, 2.24) is 0 Å². The largest absolute Gasteiger partial charge is 0.393 e. The van der Waals surface area contributed by atoms with Crippen LogP contribution in [-0.2, 0) is 4.79 Å². The van der Waals surface area contributed by atoms with Crippen LogP contribution in [-0.4, -0.2) is 17.0 Å². The molecule has 2 nitrogen and oxygen atoms in total. The van der Waals surface area contributed by atoms with Crippen molar-refractivity contribution in [3.8, 4) is 0 Å². The number of carbonyl (C=O) groups is 1. The van der Waals surface area contributed by atoms with Gasteiger partial charge in [0, 0.05) is 12.3 Å². The molecule has 3 unspecified atom stereocenters. The van der Waals surface area contributed by atoms with E-state index in [9.17, 15) is 9.90 Å². The second-order valence-corrected chi connectivity index (χ2v) is 4.38. The molecule has 2 fully saturated rings. The smallest absolute Gasteiger partial charge is 0.139 e. The van der Waals surface area contributed by atoms with E-state index in [0.29, 0.717) is 17.6 Å². The van der Waals surface area contributed by atoms with E-state index in [1.807, 2.05) is 0 Å². The Morgan fingerprint density at radius 3 is 2.92 bits per heavy atom. The SMILES string of the molecule is C[C@H](O)C1C(=O)CC2CCC1C2. The lowest BCUT2D eigenvalue weighted by atomic mass is 9.76. The van der Waals surface area contributed by atoms with E-state index in [1.54, 1.807) is 6.92 Å². The lowest BCUT2D eigenvalue weighted by molar-refractivity contribution is -0.131. The van der Waals surface area contributed by atoms with Crippen molar-refractivity contribution in [2.24, 2.45) is 17.8 Å². The Morgan fingerprint density at radius 1 is 1.50 bits per heavy atom. The van der Waals surface area contributed by atoms with Gasteiger partial charge in [-0.2, -0.15) is 0 Å². The van der Waals surface area contributed by atoms with Gasteiger partial charge in [-0.15, -0.1) is 0 Å². The molecule has 2 saturated carbocycles. The summed E-state index contributed by atoms with van der Waals surface area (Å²) in [5.41, 5.74) is 0. The van der Waals surface area contributed by atoms with Gasteiger partial charge >= 0.3 is 0 Å². The van der Waals surface area contributed by atoms with Crippen LogP contribution in [0, 0.1) is 17.8 Å². The highest BCUT2D eigenvalue weighted by atomic mass is 16.3. The molecule has 12 heavy (non-hydrogen) atoms. The molecule has 0 aromatic rings. The van der Waals surface area contributed by atoms with Gasteiger partial charge in [-0.05, 0) is 38.0 Å². The summed E-state index contributed by atoms with van der Waals surface area (Å²) in [5, 5.41) is 9.45. The van der Waals surface area contributed by atoms with E-state index < -0.39 is 6.10 Å². The Labute approximate surface area is 73.0 Å². The highest BCUT2D eigenvalue weighted by molar-refractivity contribution is 5.83. The molecular weight excluding hydrogens is 152 g/mol. The number of fused-ring (bicyclic) bond motifs is 2. The Bertz CT molecular complexity index is 198. The Hall–Kier alpha value is -0.370. The number of Topliss-reactive ketones (excluding diaryl/α,β-unsaturated/α-hetero) is 1. The molecule has 1 N–H and O–H groups in total. The summed E-state index contributed by atoms with van der Waals surface area (Å²) in [5.74, 6) is 1.42. The average molecular weight is 168 g/mol. The minimum atomic E-state index is -0.429. The molecule has 0 spiro atoms. The first-order valence-electron chi connectivity index (χ1n) is 4.89. The molecule has 4 atom stereocenters. The zero-order valence-electron chi connectivity index (χ0n) is 7.49. The molecule has 0 aromatic carbocycles. The summed E-state index contributed by atoms with van der Waals surface area (Å²) >= 11 is 0. The van der Waals surface area contributed by atoms with Crippen molar-refractivity contribution in [2.45, 2.75) is 38.7 Å². The van der Waals surface area contributed by atoms with Gasteiger partial charge in [-0.3, -0.25) is 4.79 Å². The third-order valence-electron chi connectivity index (χ3n) is 3.47. The molecule has 2 bridgehead atoms. The predicted octanol–water partition coefficient (Wildman–Crippen LogP) is 1.37. The first-order chi connectivity index (χ1) is 5.68. The van der Waals surface area contributed by atoms with Crippen molar-refractivity contribution in [2.75, 3.05) is 0 Å². The van der Waals surface area contributed by atoms with Crippen LogP contribution in [0.2, 0.25) is 0 Å². The lowest BCUT2D eigenvalue weighted by Gasteiger charge is -2.29. The molecule has 0 saturated heterocycles. The van der Waals surface area contributed by atoms with Gasteiger partial charge in [0.2, 0.25) is 0 Å². The minimum absolute atomic E-state index is 0.0382. The van der Waals surface area contributed by atoms with Crippen LogP contribution in [0.15, 0.2) is 0 Å². The van der Waals surface area contributed by atoms with Gasteiger partial charge in [0.25, 0.3) is 0 Å². The van der Waals surface area contributed by atoms with E-state index in [-0.39, 0.29) is 5.92 Å². The highest BCUT2D eigenvalue weighted by Crippen LogP contribution is 2.44. The summed E-state index contributed by atoms with van der Waals surface area (Å²) in [6, 6.07) is 0. The molecule has 2 rings (SSSR count). The molecule has 2 aliphatic carbocycles. The predicted molar refractivity (Wildman–Crippen MR) is 45.6 cm³/mol. The van der Waals surface area contributed by atoms with Gasteiger partial charge < -0.3 is 5.11 Å². The zero-order chi connectivity index (χ0) is 8.72. The van der Waals surface area contributed by atoms with Crippen molar-refractivity contribution in [3.05, 3.63) is 0 Å². The van der Waals surface area contributed by atoms with E-state index >= 15 is 0 Å². The number of hydrogen-bond acceptors (Lipinski definition) is 2. The van der Waals surface area contributed by atoms with E-state index in [2.05, 4.69) is 0 Å². The fraction of sp³-hybridized carbons (Fsp3) is 0.900. The molecule has 0 radical (unpaired) electrons. The maximum atomic E-state index is 11.5. The van der Waals surface area contributed by atoms with Crippen molar-refractivity contribution in [1.29, 1.82) is 0 Å². The highest BCUT2D eigenvalue weighted by Gasteiger charge is 2.42.